The number of nitrogens with zero attached hydrogens (tertiary/aromatic N) is 4. The van der Waals surface area contributed by atoms with Crippen LogP contribution in [0.15, 0.2) is 68.8 Å². The fourth-order valence-electron chi connectivity index (χ4n) is 3.21. The Bertz CT molecular complexity index is 1630. The predicted octanol–water partition coefficient (Wildman–Crippen LogP) is 4.68. The molecule has 0 aliphatic rings. The number of halogens is 3. The van der Waals surface area contributed by atoms with Crippen LogP contribution in [0.3, 0.4) is 0 Å². The van der Waals surface area contributed by atoms with Crippen molar-refractivity contribution in [3.05, 3.63) is 97.1 Å². The standard InChI is InChI=1S/C21H11ClF2N4O2S2/c22-11-1-3-16-14(7-11)19(30)28(17-4-2-12(23)8-15(17)24)21(26-16)32-10-13-9-18(29)27-5-6-31-20(27)25-13/h1-9H,10H2. The van der Waals surface area contributed by atoms with E-state index >= 15 is 0 Å². The van der Waals surface area contributed by atoms with E-state index in [2.05, 4.69) is 9.97 Å². The first-order valence-electron chi connectivity index (χ1n) is 9.17. The quantitative estimate of drug-likeness (QED) is 0.271. The van der Waals surface area contributed by atoms with Crippen molar-refractivity contribution in [2.75, 3.05) is 0 Å². The summed E-state index contributed by atoms with van der Waals surface area (Å²) < 4.78 is 30.6. The molecule has 0 aliphatic heterocycles. The van der Waals surface area contributed by atoms with E-state index in [4.69, 9.17) is 11.6 Å². The number of rotatable bonds is 4. The normalized spacial score (nSPS) is 11.5. The molecule has 0 saturated carbocycles. The highest BCUT2D eigenvalue weighted by molar-refractivity contribution is 7.98. The van der Waals surface area contributed by atoms with Crippen molar-refractivity contribution in [3.8, 4) is 5.69 Å². The molecule has 0 fully saturated rings. The van der Waals surface area contributed by atoms with Gasteiger partial charge < -0.3 is 0 Å². The van der Waals surface area contributed by atoms with Gasteiger partial charge in [-0.1, -0.05) is 23.4 Å². The Balaban J connectivity index is 1.65. The molecular weight excluding hydrogens is 478 g/mol. The molecule has 5 rings (SSSR count). The molecule has 0 saturated heterocycles. The lowest BCUT2D eigenvalue weighted by Crippen LogP contribution is -2.23. The molecule has 0 radical (unpaired) electrons. The predicted molar refractivity (Wildman–Crippen MR) is 121 cm³/mol. The zero-order valence-corrected chi connectivity index (χ0v) is 18.3. The number of benzene rings is 2. The van der Waals surface area contributed by atoms with Gasteiger partial charge in [0.2, 0.25) is 0 Å². The molecule has 32 heavy (non-hydrogen) atoms. The van der Waals surface area contributed by atoms with E-state index in [0.29, 0.717) is 27.3 Å². The van der Waals surface area contributed by atoms with Gasteiger partial charge in [0, 0.05) is 34.5 Å². The minimum absolute atomic E-state index is 0.144. The molecule has 0 bridgehead atoms. The van der Waals surface area contributed by atoms with Gasteiger partial charge >= 0.3 is 0 Å². The van der Waals surface area contributed by atoms with Crippen molar-refractivity contribution < 1.29 is 8.78 Å². The Labute approximate surface area is 191 Å². The van der Waals surface area contributed by atoms with Crippen LogP contribution in [0, 0.1) is 11.6 Å². The number of aromatic nitrogens is 4. The van der Waals surface area contributed by atoms with Crippen LogP contribution in [0.2, 0.25) is 5.02 Å². The molecule has 0 amide bonds. The van der Waals surface area contributed by atoms with Crippen LogP contribution in [0.5, 0.6) is 0 Å². The zero-order valence-electron chi connectivity index (χ0n) is 16.0. The average molecular weight is 489 g/mol. The molecule has 3 aromatic heterocycles. The second-order valence-electron chi connectivity index (χ2n) is 6.72. The van der Waals surface area contributed by atoms with E-state index in [-0.39, 0.29) is 27.5 Å². The molecule has 0 aliphatic carbocycles. The van der Waals surface area contributed by atoms with Crippen molar-refractivity contribution in [1.82, 2.24) is 18.9 Å². The topological polar surface area (TPSA) is 69.3 Å². The fraction of sp³-hybridized carbons (Fsp3) is 0.0476. The van der Waals surface area contributed by atoms with Gasteiger partial charge in [-0.25, -0.2) is 18.7 Å². The minimum atomic E-state index is -0.909. The fourth-order valence-corrected chi connectivity index (χ4v) is 5.02. The lowest BCUT2D eigenvalue weighted by molar-refractivity contribution is 0.572. The average Bonchev–Trinajstić information content (AvgIpc) is 3.23. The largest absolute Gasteiger partial charge is 0.269 e. The van der Waals surface area contributed by atoms with Crippen molar-refractivity contribution in [2.24, 2.45) is 0 Å². The lowest BCUT2D eigenvalue weighted by Gasteiger charge is -2.14. The van der Waals surface area contributed by atoms with E-state index in [1.807, 2.05) is 0 Å². The number of hydrogen-bond acceptors (Lipinski definition) is 6. The molecule has 0 spiro atoms. The van der Waals surface area contributed by atoms with E-state index in [0.717, 1.165) is 22.4 Å². The Morgan fingerprint density at radius 1 is 1.06 bits per heavy atom. The molecule has 0 N–H and O–H groups in total. The second kappa shape index (κ2) is 8.12. The minimum Gasteiger partial charge on any atom is -0.269 e. The van der Waals surface area contributed by atoms with Gasteiger partial charge in [-0.2, -0.15) is 0 Å². The molecule has 160 valence electrons. The van der Waals surface area contributed by atoms with Crippen molar-refractivity contribution in [1.29, 1.82) is 0 Å². The van der Waals surface area contributed by atoms with Gasteiger partial charge in [0.15, 0.2) is 10.1 Å². The van der Waals surface area contributed by atoms with E-state index in [9.17, 15) is 18.4 Å². The summed E-state index contributed by atoms with van der Waals surface area (Å²) in [4.78, 5) is 35.0. The first-order chi connectivity index (χ1) is 15.4. The third-order valence-corrected chi connectivity index (χ3v) is 6.62. The number of hydrogen-bond donors (Lipinski definition) is 0. The Morgan fingerprint density at radius 3 is 2.72 bits per heavy atom. The molecule has 5 aromatic rings. The smallest absolute Gasteiger partial charge is 0.266 e. The molecule has 0 atom stereocenters. The van der Waals surface area contributed by atoms with Gasteiger partial charge in [-0.15, -0.1) is 11.3 Å². The summed E-state index contributed by atoms with van der Waals surface area (Å²) in [7, 11) is 0. The maximum atomic E-state index is 14.6. The van der Waals surface area contributed by atoms with Crippen molar-refractivity contribution >= 4 is 50.6 Å². The number of thiazole rings is 1. The summed E-state index contributed by atoms with van der Waals surface area (Å²) in [5, 5.41) is 2.45. The summed E-state index contributed by atoms with van der Waals surface area (Å²) in [5.41, 5.74) is -0.0568. The molecular formula is C21H11ClF2N4O2S2. The highest BCUT2D eigenvalue weighted by atomic mass is 35.5. The molecule has 11 heteroatoms. The highest BCUT2D eigenvalue weighted by Crippen LogP contribution is 2.26. The lowest BCUT2D eigenvalue weighted by atomic mass is 10.2. The second-order valence-corrected chi connectivity index (χ2v) is 8.97. The van der Waals surface area contributed by atoms with Crippen LogP contribution in [-0.4, -0.2) is 18.9 Å². The molecule has 3 heterocycles. The van der Waals surface area contributed by atoms with Gasteiger partial charge in [-0.3, -0.25) is 18.6 Å². The first kappa shape index (κ1) is 20.8. The Kier molecular flexibility index (Phi) is 5.28. The maximum absolute atomic E-state index is 14.6. The van der Waals surface area contributed by atoms with Crippen molar-refractivity contribution in [2.45, 2.75) is 10.9 Å². The molecule has 6 nitrogen and oxygen atoms in total. The van der Waals surface area contributed by atoms with Gasteiger partial charge in [0.25, 0.3) is 11.1 Å². The third kappa shape index (κ3) is 3.70. The maximum Gasteiger partial charge on any atom is 0.266 e. The van der Waals surface area contributed by atoms with Crippen LogP contribution in [0.4, 0.5) is 8.78 Å². The SMILES string of the molecule is O=c1c2cc(Cl)ccc2nc(SCc2cc(=O)n3ccsc3n2)n1-c1ccc(F)cc1F. The Hall–Kier alpha value is -3.08. The third-order valence-electron chi connectivity index (χ3n) is 4.66. The van der Waals surface area contributed by atoms with Crippen LogP contribution in [0.25, 0.3) is 21.6 Å². The van der Waals surface area contributed by atoms with Crippen molar-refractivity contribution in [3.63, 3.8) is 0 Å². The van der Waals surface area contributed by atoms with Gasteiger partial charge in [-0.05, 0) is 30.3 Å². The summed E-state index contributed by atoms with van der Waals surface area (Å²) in [6.45, 7) is 0. The van der Waals surface area contributed by atoms with Crippen LogP contribution in [0.1, 0.15) is 5.69 Å². The Morgan fingerprint density at radius 2 is 1.91 bits per heavy atom. The van der Waals surface area contributed by atoms with Crippen LogP contribution in [-0.2, 0) is 5.75 Å². The summed E-state index contributed by atoms with van der Waals surface area (Å²) in [6.07, 6.45) is 1.64. The number of fused-ring (bicyclic) bond motifs is 2. The van der Waals surface area contributed by atoms with Gasteiger partial charge in [0.1, 0.15) is 11.6 Å². The monoisotopic (exact) mass is 488 g/mol. The van der Waals surface area contributed by atoms with E-state index in [1.165, 1.54) is 33.9 Å². The van der Waals surface area contributed by atoms with Gasteiger partial charge in [0.05, 0.1) is 22.3 Å². The summed E-state index contributed by atoms with van der Waals surface area (Å²) in [5.74, 6) is -1.47. The van der Waals surface area contributed by atoms with Crippen LogP contribution < -0.4 is 11.1 Å². The van der Waals surface area contributed by atoms with E-state index < -0.39 is 17.2 Å². The number of thioether (sulfide) groups is 1. The summed E-state index contributed by atoms with van der Waals surface area (Å²) >= 11 is 8.47. The molecule has 0 unspecified atom stereocenters. The zero-order chi connectivity index (χ0) is 22.4. The highest BCUT2D eigenvalue weighted by Gasteiger charge is 2.18. The summed E-state index contributed by atoms with van der Waals surface area (Å²) in [6, 6.07) is 8.98. The molecule has 2 aromatic carbocycles. The van der Waals surface area contributed by atoms with E-state index in [1.54, 1.807) is 23.7 Å². The van der Waals surface area contributed by atoms with Crippen LogP contribution >= 0.6 is 34.7 Å². The first-order valence-corrected chi connectivity index (χ1v) is 11.4.